The first-order valence-electron chi connectivity index (χ1n) is 7.03. The lowest BCUT2D eigenvalue weighted by Gasteiger charge is -2.13. The SMILES string of the molecule is O=S(=O)(NCCC1CCCC1)c1ccc(Cl)c(CO)c1Cl. The molecule has 0 bridgehead atoms. The maximum atomic E-state index is 12.3. The summed E-state index contributed by atoms with van der Waals surface area (Å²) in [6.07, 6.45) is 5.67. The molecule has 0 radical (unpaired) electrons. The van der Waals surface area contributed by atoms with Gasteiger partial charge in [-0.05, 0) is 24.5 Å². The maximum absolute atomic E-state index is 12.3. The van der Waals surface area contributed by atoms with E-state index in [2.05, 4.69) is 4.72 Å². The average molecular weight is 352 g/mol. The van der Waals surface area contributed by atoms with Gasteiger partial charge in [0.1, 0.15) is 4.90 Å². The summed E-state index contributed by atoms with van der Waals surface area (Å²) in [4.78, 5) is -0.0379. The molecule has 1 aromatic carbocycles. The summed E-state index contributed by atoms with van der Waals surface area (Å²) in [7, 11) is -3.68. The first-order valence-corrected chi connectivity index (χ1v) is 9.27. The van der Waals surface area contributed by atoms with Gasteiger partial charge in [0.2, 0.25) is 10.0 Å². The predicted octanol–water partition coefficient (Wildman–Crippen LogP) is 3.34. The fourth-order valence-corrected chi connectivity index (χ4v) is 4.65. The largest absolute Gasteiger partial charge is 0.392 e. The van der Waals surface area contributed by atoms with Crippen LogP contribution in [0, 0.1) is 5.92 Å². The predicted molar refractivity (Wildman–Crippen MR) is 84.1 cm³/mol. The number of sulfonamides is 1. The van der Waals surface area contributed by atoms with Gasteiger partial charge < -0.3 is 5.11 Å². The van der Waals surface area contributed by atoms with Crippen LogP contribution in [0.5, 0.6) is 0 Å². The minimum absolute atomic E-state index is 0.0154. The standard InChI is InChI=1S/C14H19Cl2NO3S/c15-12-5-6-13(14(16)11(12)9-18)21(19,20)17-8-7-10-3-1-2-4-10/h5-6,10,17-18H,1-4,7-9H2. The maximum Gasteiger partial charge on any atom is 0.242 e. The van der Waals surface area contributed by atoms with Crippen LogP contribution in [0.3, 0.4) is 0 Å². The van der Waals surface area contributed by atoms with E-state index in [4.69, 9.17) is 23.2 Å². The Bertz CT molecular complexity index is 598. The van der Waals surface area contributed by atoms with Crippen molar-refractivity contribution >= 4 is 33.2 Å². The zero-order valence-corrected chi connectivity index (χ0v) is 13.9. The van der Waals surface area contributed by atoms with Gasteiger partial charge in [-0.15, -0.1) is 0 Å². The van der Waals surface area contributed by atoms with Crippen LogP contribution in [0.25, 0.3) is 0 Å². The van der Waals surface area contributed by atoms with E-state index < -0.39 is 16.6 Å². The Morgan fingerprint density at radius 1 is 1.24 bits per heavy atom. The molecule has 2 rings (SSSR count). The van der Waals surface area contributed by atoms with Crippen molar-refractivity contribution in [2.45, 2.75) is 43.6 Å². The van der Waals surface area contributed by atoms with E-state index in [0.717, 1.165) is 6.42 Å². The van der Waals surface area contributed by atoms with Crippen LogP contribution in [0.4, 0.5) is 0 Å². The van der Waals surface area contributed by atoms with Gasteiger partial charge in [-0.25, -0.2) is 13.1 Å². The molecule has 1 saturated carbocycles. The number of halogens is 2. The molecule has 0 aliphatic heterocycles. The lowest BCUT2D eigenvalue weighted by atomic mass is 10.1. The fourth-order valence-electron chi connectivity index (χ4n) is 2.70. The first-order chi connectivity index (χ1) is 9.95. The zero-order chi connectivity index (χ0) is 15.5. The molecule has 21 heavy (non-hydrogen) atoms. The van der Waals surface area contributed by atoms with Crippen LogP contribution >= 0.6 is 23.2 Å². The molecule has 0 saturated heterocycles. The molecule has 1 aliphatic carbocycles. The van der Waals surface area contributed by atoms with Crippen LogP contribution in [-0.2, 0) is 16.6 Å². The summed E-state index contributed by atoms with van der Waals surface area (Å²) in [6, 6.07) is 2.80. The molecular formula is C14H19Cl2NO3S. The molecule has 0 unspecified atom stereocenters. The lowest BCUT2D eigenvalue weighted by molar-refractivity contribution is 0.281. The smallest absolute Gasteiger partial charge is 0.242 e. The van der Waals surface area contributed by atoms with Crippen molar-refractivity contribution in [3.8, 4) is 0 Å². The molecule has 1 fully saturated rings. The Hall–Kier alpha value is -0.330. The van der Waals surface area contributed by atoms with Gasteiger partial charge in [-0.3, -0.25) is 0 Å². The van der Waals surface area contributed by atoms with Gasteiger partial charge in [-0.2, -0.15) is 0 Å². The van der Waals surface area contributed by atoms with Crippen LogP contribution in [0.2, 0.25) is 10.0 Å². The highest BCUT2D eigenvalue weighted by molar-refractivity contribution is 7.89. The molecule has 1 aromatic rings. The highest BCUT2D eigenvalue weighted by Crippen LogP contribution is 2.31. The number of hydrogen-bond donors (Lipinski definition) is 2. The average Bonchev–Trinajstić information content (AvgIpc) is 2.92. The lowest BCUT2D eigenvalue weighted by Crippen LogP contribution is -2.26. The van der Waals surface area contributed by atoms with E-state index >= 15 is 0 Å². The molecule has 1 aliphatic rings. The summed E-state index contributed by atoms with van der Waals surface area (Å²) < 4.78 is 27.1. The van der Waals surface area contributed by atoms with Crippen molar-refractivity contribution in [3.63, 3.8) is 0 Å². The van der Waals surface area contributed by atoms with Crippen LogP contribution in [0.15, 0.2) is 17.0 Å². The van der Waals surface area contributed by atoms with Gasteiger partial charge in [0.25, 0.3) is 0 Å². The van der Waals surface area contributed by atoms with Gasteiger partial charge in [0, 0.05) is 17.1 Å². The minimum atomic E-state index is -3.68. The van der Waals surface area contributed by atoms with Gasteiger partial charge in [-0.1, -0.05) is 48.9 Å². The third-order valence-electron chi connectivity index (χ3n) is 3.92. The van der Waals surface area contributed by atoms with E-state index in [1.165, 1.54) is 37.8 Å². The summed E-state index contributed by atoms with van der Waals surface area (Å²) in [5.74, 6) is 0.612. The number of aliphatic hydroxyl groups is 1. The summed E-state index contributed by atoms with van der Waals surface area (Å²) in [5, 5.41) is 9.47. The Labute approximate surface area is 135 Å². The molecule has 0 heterocycles. The van der Waals surface area contributed by atoms with Crippen LogP contribution in [0.1, 0.15) is 37.7 Å². The summed E-state index contributed by atoms with van der Waals surface area (Å²) in [6.45, 7) is 0.00349. The van der Waals surface area contributed by atoms with Crippen molar-refractivity contribution < 1.29 is 13.5 Å². The highest BCUT2D eigenvalue weighted by atomic mass is 35.5. The van der Waals surface area contributed by atoms with E-state index in [0.29, 0.717) is 12.5 Å². The number of hydrogen-bond acceptors (Lipinski definition) is 3. The molecule has 0 spiro atoms. The van der Waals surface area contributed by atoms with Crippen molar-refractivity contribution in [1.29, 1.82) is 0 Å². The molecule has 7 heteroatoms. The van der Waals surface area contributed by atoms with Gasteiger partial charge >= 0.3 is 0 Å². The second kappa shape index (κ2) is 7.29. The summed E-state index contributed by atoms with van der Waals surface area (Å²) in [5.41, 5.74) is 0.233. The van der Waals surface area contributed by atoms with Crippen LogP contribution < -0.4 is 4.72 Å². The quantitative estimate of drug-likeness (QED) is 0.825. The Balaban J connectivity index is 2.08. The Morgan fingerprint density at radius 3 is 2.52 bits per heavy atom. The van der Waals surface area contributed by atoms with Crippen LogP contribution in [-0.4, -0.2) is 20.1 Å². The van der Waals surface area contributed by atoms with E-state index in [-0.39, 0.29) is 20.5 Å². The first kappa shape index (κ1) is 17.0. The molecular weight excluding hydrogens is 333 g/mol. The topological polar surface area (TPSA) is 66.4 Å². The Morgan fingerprint density at radius 2 is 1.90 bits per heavy atom. The monoisotopic (exact) mass is 351 g/mol. The van der Waals surface area contributed by atoms with E-state index in [1.807, 2.05) is 0 Å². The molecule has 2 N–H and O–H groups in total. The van der Waals surface area contributed by atoms with Gasteiger partial charge in [0.15, 0.2) is 0 Å². The third kappa shape index (κ3) is 4.11. The van der Waals surface area contributed by atoms with E-state index in [9.17, 15) is 13.5 Å². The van der Waals surface area contributed by atoms with Crippen molar-refractivity contribution in [2.24, 2.45) is 5.92 Å². The molecule has 0 aromatic heterocycles. The normalized spacial score (nSPS) is 16.5. The minimum Gasteiger partial charge on any atom is -0.392 e. The van der Waals surface area contributed by atoms with Crippen molar-refractivity contribution in [1.82, 2.24) is 4.72 Å². The number of nitrogens with one attached hydrogen (secondary N) is 1. The number of benzene rings is 1. The van der Waals surface area contributed by atoms with Crippen molar-refractivity contribution in [3.05, 3.63) is 27.7 Å². The second-order valence-electron chi connectivity index (χ2n) is 5.33. The molecule has 0 atom stereocenters. The fraction of sp³-hybridized carbons (Fsp3) is 0.571. The number of aliphatic hydroxyl groups excluding tert-OH is 1. The number of rotatable bonds is 6. The van der Waals surface area contributed by atoms with E-state index in [1.54, 1.807) is 0 Å². The Kier molecular flexibility index (Phi) is 5.91. The zero-order valence-electron chi connectivity index (χ0n) is 11.6. The van der Waals surface area contributed by atoms with Crippen molar-refractivity contribution in [2.75, 3.05) is 6.54 Å². The van der Waals surface area contributed by atoms with Gasteiger partial charge in [0.05, 0.1) is 11.6 Å². The highest BCUT2D eigenvalue weighted by Gasteiger charge is 2.22. The summed E-state index contributed by atoms with van der Waals surface area (Å²) >= 11 is 11.9. The third-order valence-corrected chi connectivity index (χ3v) is 6.32. The molecule has 0 amide bonds. The molecule has 4 nitrogen and oxygen atoms in total. The second-order valence-corrected chi connectivity index (χ2v) is 7.85. The molecule has 118 valence electrons.